The van der Waals surface area contributed by atoms with E-state index in [0.717, 1.165) is 20.6 Å². The molecular weight excluding hydrogens is 312 g/mol. The van der Waals surface area contributed by atoms with Crippen LogP contribution in [0.2, 0.25) is 0 Å². The molecule has 0 saturated carbocycles. The van der Waals surface area contributed by atoms with Crippen molar-refractivity contribution in [2.24, 2.45) is 5.73 Å². The number of carbonyl (C=O) groups excluding carboxylic acids is 1. The zero-order chi connectivity index (χ0) is 13.1. The molecule has 0 fully saturated rings. The molecule has 1 atom stereocenters. The van der Waals surface area contributed by atoms with Crippen LogP contribution in [0.3, 0.4) is 0 Å². The minimum Gasteiger partial charge on any atom is -0.369 e. The molecule has 2 aromatic rings. The van der Waals surface area contributed by atoms with Crippen LogP contribution >= 0.6 is 27.3 Å². The van der Waals surface area contributed by atoms with Crippen molar-refractivity contribution in [2.45, 2.75) is 13.0 Å². The number of primary amides is 1. The number of anilines is 1. The molecule has 0 bridgehead atoms. The number of benzene rings is 1. The number of thiophene rings is 1. The molecule has 0 aliphatic heterocycles. The van der Waals surface area contributed by atoms with Gasteiger partial charge in [-0.1, -0.05) is 12.1 Å². The van der Waals surface area contributed by atoms with Crippen molar-refractivity contribution in [3.63, 3.8) is 0 Å². The predicted molar refractivity (Wildman–Crippen MR) is 78.8 cm³/mol. The first kappa shape index (κ1) is 13.1. The summed E-state index contributed by atoms with van der Waals surface area (Å²) in [5.41, 5.74) is 7.41. The van der Waals surface area contributed by atoms with Gasteiger partial charge in [0.1, 0.15) is 6.04 Å². The average molecular weight is 325 g/mol. The monoisotopic (exact) mass is 324 g/mol. The van der Waals surface area contributed by atoms with Crippen molar-refractivity contribution in [2.75, 3.05) is 5.32 Å². The summed E-state index contributed by atoms with van der Waals surface area (Å²) in [5, 5.41) is 5.14. The molecule has 3 nitrogen and oxygen atoms in total. The lowest BCUT2D eigenvalue weighted by molar-refractivity contribution is -0.118. The molecule has 5 heteroatoms. The molecule has 3 N–H and O–H groups in total. The molecule has 1 heterocycles. The summed E-state index contributed by atoms with van der Waals surface area (Å²) in [6.07, 6.45) is 0. The van der Waals surface area contributed by atoms with Gasteiger partial charge in [-0.3, -0.25) is 4.79 Å². The van der Waals surface area contributed by atoms with E-state index in [2.05, 4.69) is 21.2 Å². The number of carbonyl (C=O) groups is 1. The Morgan fingerprint density at radius 2 is 2.11 bits per heavy atom. The second-order valence-corrected chi connectivity index (χ2v) is 5.73. The number of nitrogens with one attached hydrogen (secondary N) is 1. The van der Waals surface area contributed by atoms with Crippen molar-refractivity contribution in [1.82, 2.24) is 0 Å². The molecule has 1 unspecified atom stereocenters. The van der Waals surface area contributed by atoms with Gasteiger partial charge < -0.3 is 11.1 Å². The van der Waals surface area contributed by atoms with Crippen LogP contribution in [0.15, 0.2) is 40.2 Å². The molecule has 2 rings (SSSR count). The Bertz CT molecular complexity index is 568. The van der Waals surface area contributed by atoms with E-state index in [4.69, 9.17) is 5.73 Å². The normalized spacial score (nSPS) is 12.1. The Morgan fingerprint density at radius 1 is 1.39 bits per heavy atom. The van der Waals surface area contributed by atoms with E-state index in [-0.39, 0.29) is 5.91 Å². The van der Waals surface area contributed by atoms with Crippen LogP contribution in [0.25, 0.3) is 0 Å². The third-order valence-corrected chi connectivity index (χ3v) is 4.40. The Kier molecular flexibility index (Phi) is 4.04. The zero-order valence-corrected chi connectivity index (χ0v) is 12.2. The summed E-state index contributed by atoms with van der Waals surface area (Å²) in [7, 11) is 0. The van der Waals surface area contributed by atoms with E-state index < -0.39 is 6.04 Å². The number of halogens is 1. The summed E-state index contributed by atoms with van der Waals surface area (Å²) >= 11 is 4.98. The predicted octanol–water partition coefficient (Wildman–Crippen LogP) is 3.46. The highest BCUT2D eigenvalue weighted by molar-refractivity contribution is 9.10. The smallest absolute Gasteiger partial charge is 0.245 e. The second-order valence-electron chi connectivity index (χ2n) is 3.93. The molecule has 0 aliphatic carbocycles. The number of hydrogen-bond acceptors (Lipinski definition) is 3. The van der Waals surface area contributed by atoms with E-state index in [9.17, 15) is 4.79 Å². The molecule has 0 aliphatic rings. The lowest BCUT2D eigenvalue weighted by atomic mass is 10.1. The van der Waals surface area contributed by atoms with Crippen LogP contribution in [0, 0.1) is 6.92 Å². The number of nitrogens with two attached hydrogens (primary N) is 1. The molecule has 0 spiro atoms. The molecule has 94 valence electrons. The minimum absolute atomic E-state index is 0.378. The SMILES string of the molecule is Cc1ccsc1C(Nc1ccccc1Br)C(N)=O. The van der Waals surface area contributed by atoms with Crippen molar-refractivity contribution >= 4 is 38.9 Å². The van der Waals surface area contributed by atoms with Crippen LogP contribution < -0.4 is 11.1 Å². The topological polar surface area (TPSA) is 55.1 Å². The maximum absolute atomic E-state index is 11.6. The zero-order valence-electron chi connectivity index (χ0n) is 9.81. The van der Waals surface area contributed by atoms with Crippen molar-refractivity contribution in [3.05, 3.63) is 50.6 Å². The Morgan fingerprint density at radius 3 is 2.67 bits per heavy atom. The average Bonchev–Trinajstić information content (AvgIpc) is 2.74. The lowest BCUT2D eigenvalue weighted by Crippen LogP contribution is -2.27. The van der Waals surface area contributed by atoms with Gasteiger partial charge in [0.15, 0.2) is 0 Å². The molecule has 0 radical (unpaired) electrons. The van der Waals surface area contributed by atoms with Crippen molar-refractivity contribution in [3.8, 4) is 0 Å². The minimum atomic E-state index is -0.497. The standard InChI is InChI=1S/C13H13BrN2OS/c1-8-6-7-18-12(8)11(13(15)17)16-10-5-3-2-4-9(10)14/h2-7,11,16H,1H3,(H2,15,17). The number of aryl methyl sites for hydroxylation is 1. The van der Waals surface area contributed by atoms with Crippen molar-refractivity contribution < 1.29 is 4.79 Å². The van der Waals surface area contributed by atoms with Crippen molar-refractivity contribution in [1.29, 1.82) is 0 Å². The first-order valence-electron chi connectivity index (χ1n) is 5.44. The van der Waals surface area contributed by atoms with Gasteiger partial charge in [-0.2, -0.15) is 0 Å². The third-order valence-electron chi connectivity index (χ3n) is 2.62. The summed E-state index contributed by atoms with van der Waals surface area (Å²) in [6, 6.07) is 9.14. The number of amides is 1. The van der Waals surface area contributed by atoms with Gasteiger partial charge in [-0.05, 0) is 52.0 Å². The van der Waals surface area contributed by atoms with E-state index in [1.165, 1.54) is 11.3 Å². The Balaban J connectivity index is 2.31. The first-order valence-corrected chi connectivity index (χ1v) is 7.11. The molecule has 1 aromatic carbocycles. The van der Waals surface area contributed by atoms with Gasteiger partial charge in [0.05, 0.1) is 0 Å². The first-order chi connectivity index (χ1) is 8.59. The number of para-hydroxylation sites is 1. The molecule has 1 aromatic heterocycles. The summed E-state index contributed by atoms with van der Waals surface area (Å²) in [4.78, 5) is 12.6. The van der Waals surface area contributed by atoms with E-state index in [0.29, 0.717) is 0 Å². The lowest BCUT2D eigenvalue weighted by Gasteiger charge is -2.17. The second kappa shape index (κ2) is 5.54. The van der Waals surface area contributed by atoms with Gasteiger partial charge in [0.2, 0.25) is 5.91 Å². The highest BCUT2D eigenvalue weighted by Crippen LogP contribution is 2.30. The maximum atomic E-state index is 11.6. The van der Waals surface area contributed by atoms with Crippen LogP contribution in [0.1, 0.15) is 16.5 Å². The summed E-state index contributed by atoms with van der Waals surface area (Å²) in [6.45, 7) is 1.98. The maximum Gasteiger partial charge on any atom is 0.245 e. The van der Waals surface area contributed by atoms with Crippen LogP contribution in [0.4, 0.5) is 5.69 Å². The van der Waals surface area contributed by atoms with Gasteiger partial charge >= 0.3 is 0 Å². The molecule has 18 heavy (non-hydrogen) atoms. The summed E-state index contributed by atoms with van der Waals surface area (Å²) in [5.74, 6) is -0.378. The largest absolute Gasteiger partial charge is 0.369 e. The Hall–Kier alpha value is -1.33. The molecule has 0 saturated heterocycles. The fourth-order valence-electron chi connectivity index (χ4n) is 1.68. The number of rotatable bonds is 4. The fraction of sp³-hybridized carbons (Fsp3) is 0.154. The van der Waals surface area contributed by atoms with Gasteiger partial charge in [0, 0.05) is 15.0 Å². The van der Waals surface area contributed by atoms with E-state index >= 15 is 0 Å². The Labute approximate surface area is 118 Å². The third kappa shape index (κ3) is 2.73. The van der Waals surface area contributed by atoms with Gasteiger partial charge in [-0.15, -0.1) is 11.3 Å². The van der Waals surface area contributed by atoms with Crippen LogP contribution in [-0.4, -0.2) is 5.91 Å². The highest BCUT2D eigenvalue weighted by atomic mass is 79.9. The van der Waals surface area contributed by atoms with Gasteiger partial charge in [0.25, 0.3) is 0 Å². The quantitative estimate of drug-likeness (QED) is 0.904. The molecular formula is C13H13BrN2OS. The fourth-order valence-corrected chi connectivity index (χ4v) is 3.06. The summed E-state index contributed by atoms with van der Waals surface area (Å²) < 4.78 is 0.908. The van der Waals surface area contributed by atoms with Crippen LogP contribution in [0.5, 0.6) is 0 Å². The van der Waals surface area contributed by atoms with Crippen LogP contribution in [-0.2, 0) is 4.79 Å². The van der Waals surface area contributed by atoms with E-state index in [1.54, 1.807) is 0 Å². The van der Waals surface area contributed by atoms with Gasteiger partial charge in [-0.25, -0.2) is 0 Å². The highest BCUT2D eigenvalue weighted by Gasteiger charge is 2.21. The molecule has 1 amide bonds. The number of hydrogen-bond donors (Lipinski definition) is 2. The van der Waals surface area contributed by atoms with E-state index in [1.807, 2.05) is 42.6 Å².